The maximum Gasteiger partial charge on any atom is 0.416 e. The zero-order valence-electron chi connectivity index (χ0n) is 9.67. The van der Waals surface area contributed by atoms with Crippen molar-refractivity contribution in [1.29, 1.82) is 0 Å². The van der Waals surface area contributed by atoms with Gasteiger partial charge in [0.2, 0.25) is 0 Å². The number of rotatable bonds is 3. The van der Waals surface area contributed by atoms with Crippen molar-refractivity contribution in [3.8, 4) is 0 Å². The van der Waals surface area contributed by atoms with E-state index in [2.05, 4.69) is 15.9 Å². The second-order valence-corrected chi connectivity index (χ2v) is 4.75. The summed E-state index contributed by atoms with van der Waals surface area (Å²) >= 11 is 3.17. The minimum Gasteiger partial charge on any atom is -0.436 e. The van der Waals surface area contributed by atoms with Crippen molar-refractivity contribution >= 4 is 21.9 Å². The van der Waals surface area contributed by atoms with Crippen molar-refractivity contribution in [3.05, 3.63) is 35.4 Å². The highest BCUT2D eigenvalue weighted by Gasteiger charge is 2.45. The summed E-state index contributed by atoms with van der Waals surface area (Å²) < 4.78 is 47.3. The number of ether oxygens (including phenoxy) is 2. The van der Waals surface area contributed by atoms with Gasteiger partial charge in [0, 0.05) is 11.8 Å². The fourth-order valence-corrected chi connectivity index (χ4v) is 2.38. The van der Waals surface area contributed by atoms with Crippen LogP contribution in [0.25, 0.3) is 0 Å². The molecule has 3 nitrogen and oxygen atoms in total. The van der Waals surface area contributed by atoms with Gasteiger partial charge in [0.1, 0.15) is 0 Å². The minimum atomic E-state index is -4.37. The average molecular weight is 339 g/mol. The lowest BCUT2D eigenvalue weighted by Gasteiger charge is -2.21. The normalized spacial score (nSPS) is 23.5. The van der Waals surface area contributed by atoms with Crippen LogP contribution in [0.2, 0.25) is 0 Å². The van der Waals surface area contributed by atoms with E-state index < -0.39 is 23.3 Å². The first-order valence-electron chi connectivity index (χ1n) is 5.41. The molecule has 1 aliphatic rings. The molecule has 1 atom stereocenters. The first-order chi connectivity index (χ1) is 8.87. The summed E-state index contributed by atoms with van der Waals surface area (Å²) in [6.45, 7) is -0.134. The van der Waals surface area contributed by atoms with Gasteiger partial charge in [-0.05, 0) is 17.7 Å². The van der Waals surface area contributed by atoms with Gasteiger partial charge in [0.15, 0.2) is 12.4 Å². The molecule has 1 aliphatic heterocycles. The summed E-state index contributed by atoms with van der Waals surface area (Å²) in [6, 6.07) is 4.64. The first kappa shape index (κ1) is 14.3. The van der Waals surface area contributed by atoms with Gasteiger partial charge in [0.05, 0.1) is 5.56 Å². The summed E-state index contributed by atoms with van der Waals surface area (Å²) in [4.78, 5) is 11.6. The van der Waals surface area contributed by atoms with Crippen LogP contribution in [0.5, 0.6) is 0 Å². The van der Waals surface area contributed by atoms with Gasteiger partial charge in [0.25, 0.3) is 0 Å². The maximum absolute atomic E-state index is 12.4. The average Bonchev–Trinajstić information content (AvgIpc) is 2.71. The molecule has 1 saturated heterocycles. The molecule has 1 unspecified atom stereocenters. The number of carbonyl (C=O) groups excluding carboxylic acids is 1. The Morgan fingerprint density at radius 3 is 2.32 bits per heavy atom. The van der Waals surface area contributed by atoms with Crippen LogP contribution in [0.4, 0.5) is 13.2 Å². The molecular weight excluding hydrogens is 329 g/mol. The Morgan fingerprint density at radius 1 is 1.26 bits per heavy atom. The number of benzene rings is 1. The van der Waals surface area contributed by atoms with E-state index in [0.29, 0.717) is 5.56 Å². The van der Waals surface area contributed by atoms with E-state index in [0.717, 1.165) is 12.1 Å². The fourth-order valence-electron chi connectivity index (χ4n) is 1.79. The highest BCUT2D eigenvalue weighted by Crippen LogP contribution is 2.31. The number of cyclic esters (lactones) is 1. The molecule has 104 valence electrons. The lowest BCUT2D eigenvalue weighted by atomic mass is 9.96. The summed E-state index contributed by atoms with van der Waals surface area (Å²) in [5, 5.41) is 0.222. The molecule has 0 bridgehead atoms. The third kappa shape index (κ3) is 2.92. The smallest absolute Gasteiger partial charge is 0.416 e. The van der Waals surface area contributed by atoms with Crippen LogP contribution in [0.3, 0.4) is 0 Å². The highest BCUT2D eigenvalue weighted by atomic mass is 79.9. The molecule has 0 N–H and O–H groups in total. The van der Waals surface area contributed by atoms with E-state index in [1.54, 1.807) is 0 Å². The zero-order chi connectivity index (χ0) is 14.1. The van der Waals surface area contributed by atoms with E-state index >= 15 is 0 Å². The van der Waals surface area contributed by atoms with Crippen molar-refractivity contribution in [2.75, 3.05) is 12.1 Å². The largest absolute Gasteiger partial charge is 0.436 e. The van der Waals surface area contributed by atoms with Gasteiger partial charge in [-0.25, -0.2) is 4.79 Å². The van der Waals surface area contributed by atoms with E-state index in [-0.39, 0.29) is 18.5 Å². The van der Waals surface area contributed by atoms with Crippen LogP contribution in [-0.2, 0) is 26.9 Å². The Hall–Kier alpha value is -1.08. The lowest BCUT2D eigenvalue weighted by Crippen LogP contribution is -2.40. The fraction of sp³-hybridized carbons (Fsp3) is 0.417. The molecule has 2 rings (SSSR count). The number of esters is 1. The molecule has 1 aromatic rings. The van der Waals surface area contributed by atoms with Crippen LogP contribution >= 0.6 is 15.9 Å². The molecule has 19 heavy (non-hydrogen) atoms. The molecule has 1 aromatic carbocycles. The quantitative estimate of drug-likeness (QED) is 0.628. The van der Waals surface area contributed by atoms with Crippen molar-refractivity contribution in [2.45, 2.75) is 18.2 Å². The van der Waals surface area contributed by atoms with Gasteiger partial charge in [-0.1, -0.05) is 28.1 Å². The van der Waals surface area contributed by atoms with Crippen molar-refractivity contribution in [2.24, 2.45) is 0 Å². The minimum absolute atomic E-state index is 0.134. The first-order valence-corrected chi connectivity index (χ1v) is 6.53. The standard InChI is InChI=1S/C12H10BrF3O3/c13-6-11(10(17)18-7-19-11)5-8-1-3-9(4-2-8)12(14,15)16/h1-4H,5-7H2. The Morgan fingerprint density at radius 2 is 1.89 bits per heavy atom. The molecule has 0 spiro atoms. The molecule has 1 fully saturated rings. The van der Waals surface area contributed by atoms with Crippen molar-refractivity contribution in [3.63, 3.8) is 0 Å². The van der Waals surface area contributed by atoms with Crippen LogP contribution in [0.1, 0.15) is 11.1 Å². The van der Waals surface area contributed by atoms with E-state index in [4.69, 9.17) is 9.47 Å². The monoisotopic (exact) mass is 338 g/mol. The number of hydrogen-bond acceptors (Lipinski definition) is 3. The Balaban J connectivity index is 2.17. The number of halogens is 4. The summed E-state index contributed by atoms with van der Waals surface area (Å²) in [7, 11) is 0. The van der Waals surface area contributed by atoms with E-state index in [1.807, 2.05) is 0 Å². The van der Waals surface area contributed by atoms with E-state index in [1.165, 1.54) is 12.1 Å². The third-order valence-corrected chi connectivity index (χ3v) is 3.79. The van der Waals surface area contributed by atoms with E-state index in [9.17, 15) is 18.0 Å². The second kappa shape index (κ2) is 5.13. The Bertz CT molecular complexity index is 472. The van der Waals surface area contributed by atoms with Crippen LogP contribution in [0, 0.1) is 0 Å². The molecule has 0 aliphatic carbocycles. The number of carbonyl (C=O) groups is 1. The maximum atomic E-state index is 12.4. The SMILES string of the molecule is O=C1OCOC1(CBr)Cc1ccc(C(F)(F)F)cc1. The molecule has 1 heterocycles. The molecule has 0 radical (unpaired) electrons. The van der Waals surface area contributed by atoms with Gasteiger partial charge in [-0.15, -0.1) is 0 Å². The molecule has 7 heteroatoms. The Labute approximate surface area is 115 Å². The topological polar surface area (TPSA) is 35.5 Å². The summed E-state index contributed by atoms with van der Waals surface area (Å²) in [5.74, 6) is -0.510. The molecular formula is C12H10BrF3O3. The van der Waals surface area contributed by atoms with Crippen molar-refractivity contribution in [1.82, 2.24) is 0 Å². The number of alkyl halides is 4. The van der Waals surface area contributed by atoms with Crippen LogP contribution in [-0.4, -0.2) is 23.7 Å². The predicted molar refractivity (Wildman–Crippen MR) is 63.7 cm³/mol. The highest BCUT2D eigenvalue weighted by molar-refractivity contribution is 9.09. The number of hydrogen-bond donors (Lipinski definition) is 0. The zero-order valence-corrected chi connectivity index (χ0v) is 11.3. The van der Waals surface area contributed by atoms with Crippen LogP contribution < -0.4 is 0 Å². The van der Waals surface area contributed by atoms with Gasteiger partial charge >= 0.3 is 12.1 Å². The van der Waals surface area contributed by atoms with Gasteiger partial charge in [-0.2, -0.15) is 13.2 Å². The summed E-state index contributed by atoms with van der Waals surface area (Å²) in [6.07, 6.45) is -4.20. The molecule has 0 amide bonds. The Kier molecular flexibility index (Phi) is 3.87. The van der Waals surface area contributed by atoms with Crippen molar-refractivity contribution < 1.29 is 27.4 Å². The van der Waals surface area contributed by atoms with Gasteiger partial charge < -0.3 is 9.47 Å². The second-order valence-electron chi connectivity index (χ2n) is 4.19. The lowest BCUT2D eigenvalue weighted by molar-refractivity contribution is -0.142. The predicted octanol–water partition coefficient (Wildman–Crippen LogP) is 2.91. The third-order valence-electron chi connectivity index (χ3n) is 2.88. The van der Waals surface area contributed by atoms with Crippen LogP contribution in [0.15, 0.2) is 24.3 Å². The molecule has 0 saturated carbocycles. The molecule has 0 aromatic heterocycles. The van der Waals surface area contributed by atoms with Gasteiger partial charge in [-0.3, -0.25) is 0 Å². The summed E-state index contributed by atoms with van der Waals surface area (Å²) in [5.41, 5.74) is -1.30.